The molecule has 90 valence electrons. The molecule has 5 heteroatoms. The number of amides is 1. The minimum atomic E-state index is -0.472. The molecule has 0 fully saturated rings. The SMILES string of the molecule is C#CCNC(=O)C(C)Nc1c(Cl)cccc1Cl. The van der Waals surface area contributed by atoms with Crippen LogP contribution in [0.1, 0.15) is 6.92 Å². The summed E-state index contributed by atoms with van der Waals surface area (Å²) in [6, 6.07) is 4.66. The van der Waals surface area contributed by atoms with Gasteiger partial charge < -0.3 is 10.6 Å². The first kappa shape index (κ1) is 13.7. The molecule has 0 radical (unpaired) electrons. The average Bonchev–Trinajstić information content (AvgIpc) is 2.30. The van der Waals surface area contributed by atoms with Crippen LogP contribution in [0.2, 0.25) is 10.0 Å². The molecule has 0 bridgehead atoms. The van der Waals surface area contributed by atoms with Crippen molar-refractivity contribution in [1.29, 1.82) is 0 Å². The van der Waals surface area contributed by atoms with Crippen LogP contribution >= 0.6 is 23.2 Å². The fourth-order valence-corrected chi connectivity index (χ4v) is 1.72. The van der Waals surface area contributed by atoms with Crippen molar-refractivity contribution < 1.29 is 4.79 Å². The normalized spacial score (nSPS) is 11.4. The summed E-state index contributed by atoms with van der Waals surface area (Å²) in [5.74, 6) is 2.12. The Morgan fingerprint density at radius 2 is 2.06 bits per heavy atom. The number of anilines is 1. The Kier molecular flexibility index (Phi) is 5.14. The maximum atomic E-state index is 11.6. The minimum Gasteiger partial charge on any atom is -0.371 e. The smallest absolute Gasteiger partial charge is 0.242 e. The van der Waals surface area contributed by atoms with E-state index < -0.39 is 6.04 Å². The van der Waals surface area contributed by atoms with Crippen LogP contribution in [0.5, 0.6) is 0 Å². The molecule has 1 atom stereocenters. The third kappa shape index (κ3) is 3.85. The van der Waals surface area contributed by atoms with E-state index in [1.165, 1.54) is 0 Å². The number of terminal acetylenes is 1. The molecule has 0 saturated carbocycles. The van der Waals surface area contributed by atoms with Crippen LogP contribution < -0.4 is 10.6 Å². The maximum Gasteiger partial charge on any atom is 0.242 e. The van der Waals surface area contributed by atoms with E-state index in [0.29, 0.717) is 15.7 Å². The van der Waals surface area contributed by atoms with Gasteiger partial charge in [-0.25, -0.2) is 0 Å². The standard InChI is InChI=1S/C12H12Cl2N2O/c1-3-7-15-12(17)8(2)16-11-9(13)5-4-6-10(11)14/h1,4-6,8,16H,7H2,2H3,(H,15,17). The van der Waals surface area contributed by atoms with Gasteiger partial charge in [-0.1, -0.05) is 35.2 Å². The maximum absolute atomic E-state index is 11.6. The number of carbonyl (C=O) groups excluding carboxylic acids is 1. The molecule has 1 unspecified atom stereocenters. The summed E-state index contributed by atoms with van der Waals surface area (Å²) in [5.41, 5.74) is 0.541. The molecule has 1 aromatic carbocycles. The first-order chi connectivity index (χ1) is 8.06. The first-order valence-corrected chi connectivity index (χ1v) is 5.73. The zero-order valence-corrected chi connectivity index (χ0v) is 10.8. The van der Waals surface area contributed by atoms with Gasteiger partial charge in [0.15, 0.2) is 0 Å². The highest BCUT2D eigenvalue weighted by molar-refractivity contribution is 6.39. The summed E-state index contributed by atoms with van der Waals surface area (Å²) in [6.07, 6.45) is 5.05. The van der Waals surface area contributed by atoms with Crippen molar-refractivity contribution in [1.82, 2.24) is 5.32 Å². The van der Waals surface area contributed by atoms with Crippen molar-refractivity contribution in [3.8, 4) is 12.3 Å². The summed E-state index contributed by atoms with van der Waals surface area (Å²) >= 11 is 11.9. The van der Waals surface area contributed by atoms with E-state index in [9.17, 15) is 4.79 Å². The summed E-state index contributed by atoms with van der Waals surface area (Å²) < 4.78 is 0. The van der Waals surface area contributed by atoms with Gasteiger partial charge in [0.2, 0.25) is 5.91 Å². The highest BCUT2D eigenvalue weighted by atomic mass is 35.5. The number of hydrogen-bond acceptors (Lipinski definition) is 2. The van der Waals surface area contributed by atoms with Crippen LogP contribution in [-0.4, -0.2) is 18.5 Å². The van der Waals surface area contributed by atoms with Gasteiger partial charge >= 0.3 is 0 Å². The number of carbonyl (C=O) groups is 1. The Bertz CT molecular complexity index is 434. The molecule has 3 nitrogen and oxygen atoms in total. The van der Waals surface area contributed by atoms with E-state index in [2.05, 4.69) is 16.6 Å². The zero-order valence-electron chi connectivity index (χ0n) is 9.26. The number of benzene rings is 1. The van der Waals surface area contributed by atoms with Gasteiger partial charge in [-0.2, -0.15) is 0 Å². The largest absolute Gasteiger partial charge is 0.371 e. The molecule has 0 aliphatic heterocycles. The Morgan fingerprint density at radius 3 is 2.59 bits per heavy atom. The first-order valence-electron chi connectivity index (χ1n) is 4.98. The third-order valence-electron chi connectivity index (χ3n) is 2.08. The van der Waals surface area contributed by atoms with Gasteiger partial charge in [-0.3, -0.25) is 4.79 Å². The van der Waals surface area contributed by atoms with E-state index in [-0.39, 0.29) is 12.5 Å². The van der Waals surface area contributed by atoms with Crippen LogP contribution in [0.25, 0.3) is 0 Å². The monoisotopic (exact) mass is 270 g/mol. The highest BCUT2D eigenvalue weighted by Crippen LogP contribution is 2.30. The second-order valence-corrected chi connectivity index (χ2v) is 4.20. The van der Waals surface area contributed by atoms with E-state index in [1.807, 2.05) is 0 Å². The Hall–Kier alpha value is -1.37. The predicted molar refractivity (Wildman–Crippen MR) is 71.4 cm³/mol. The minimum absolute atomic E-state index is 0.196. The fraction of sp³-hybridized carbons (Fsp3) is 0.250. The van der Waals surface area contributed by atoms with Gasteiger partial charge in [-0.05, 0) is 19.1 Å². The number of nitrogens with one attached hydrogen (secondary N) is 2. The summed E-state index contributed by atoms with van der Waals surface area (Å²) in [4.78, 5) is 11.6. The van der Waals surface area contributed by atoms with Gasteiger partial charge in [0.05, 0.1) is 22.3 Å². The quantitative estimate of drug-likeness (QED) is 0.826. The molecule has 0 aliphatic rings. The second kappa shape index (κ2) is 6.39. The number of hydrogen-bond donors (Lipinski definition) is 2. The van der Waals surface area contributed by atoms with Crippen molar-refractivity contribution in [2.45, 2.75) is 13.0 Å². The third-order valence-corrected chi connectivity index (χ3v) is 2.71. The lowest BCUT2D eigenvalue weighted by Crippen LogP contribution is -2.37. The van der Waals surface area contributed by atoms with Crippen LogP contribution in [0, 0.1) is 12.3 Å². The summed E-state index contributed by atoms with van der Waals surface area (Å²) in [6.45, 7) is 1.90. The summed E-state index contributed by atoms with van der Waals surface area (Å²) in [5, 5.41) is 6.44. The molecule has 0 heterocycles. The van der Waals surface area contributed by atoms with Gasteiger partial charge in [0, 0.05) is 0 Å². The van der Waals surface area contributed by atoms with Crippen LogP contribution in [0.3, 0.4) is 0 Å². The molecule has 1 amide bonds. The summed E-state index contributed by atoms with van der Waals surface area (Å²) in [7, 11) is 0. The molecule has 0 aliphatic carbocycles. The molecule has 1 aromatic rings. The Balaban J connectivity index is 2.71. The lowest BCUT2D eigenvalue weighted by molar-refractivity contribution is -0.121. The lowest BCUT2D eigenvalue weighted by atomic mass is 10.2. The fourth-order valence-electron chi connectivity index (χ4n) is 1.21. The van der Waals surface area contributed by atoms with Crippen molar-refractivity contribution in [2.75, 3.05) is 11.9 Å². The van der Waals surface area contributed by atoms with E-state index in [0.717, 1.165) is 0 Å². The van der Waals surface area contributed by atoms with E-state index in [1.54, 1.807) is 25.1 Å². The lowest BCUT2D eigenvalue weighted by Gasteiger charge is -2.16. The molecule has 0 aromatic heterocycles. The van der Waals surface area contributed by atoms with Crippen molar-refractivity contribution in [3.63, 3.8) is 0 Å². The zero-order chi connectivity index (χ0) is 12.8. The molecule has 17 heavy (non-hydrogen) atoms. The number of rotatable bonds is 4. The molecule has 1 rings (SSSR count). The van der Waals surface area contributed by atoms with Gasteiger partial charge in [0.1, 0.15) is 6.04 Å². The Morgan fingerprint density at radius 1 is 1.47 bits per heavy atom. The van der Waals surface area contributed by atoms with Crippen molar-refractivity contribution in [2.24, 2.45) is 0 Å². The number of para-hydroxylation sites is 1. The Labute approximate surface area is 110 Å². The average molecular weight is 271 g/mol. The predicted octanol–water partition coefficient (Wildman–Crippen LogP) is 2.54. The van der Waals surface area contributed by atoms with Crippen molar-refractivity contribution >= 4 is 34.8 Å². The van der Waals surface area contributed by atoms with Gasteiger partial charge in [-0.15, -0.1) is 6.42 Å². The molecule has 2 N–H and O–H groups in total. The van der Waals surface area contributed by atoms with Crippen LogP contribution in [0.4, 0.5) is 5.69 Å². The second-order valence-electron chi connectivity index (χ2n) is 3.38. The molecular weight excluding hydrogens is 259 g/mol. The molecule has 0 saturated heterocycles. The highest BCUT2D eigenvalue weighted by Gasteiger charge is 2.14. The molecular formula is C12H12Cl2N2O. The van der Waals surface area contributed by atoms with Crippen molar-refractivity contribution in [3.05, 3.63) is 28.2 Å². The van der Waals surface area contributed by atoms with Gasteiger partial charge in [0.25, 0.3) is 0 Å². The molecule has 0 spiro atoms. The number of halogens is 2. The topological polar surface area (TPSA) is 41.1 Å². The van der Waals surface area contributed by atoms with Crippen LogP contribution in [-0.2, 0) is 4.79 Å². The van der Waals surface area contributed by atoms with Crippen LogP contribution in [0.15, 0.2) is 18.2 Å². The van der Waals surface area contributed by atoms with E-state index in [4.69, 9.17) is 29.6 Å². The van der Waals surface area contributed by atoms with E-state index >= 15 is 0 Å².